The number of thiazole rings is 1. The minimum Gasteiger partial charge on any atom is -0.306 e. The number of nitrogens with zero attached hydrogens (tertiary/aromatic N) is 3. The van der Waals surface area contributed by atoms with Crippen LogP contribution >= 0.6 is 11.3 Å². The van der Waals surface area contributed by atoms with E-state index in [2.05, 4.69) is 43.3 Å². The lowest BCUT2D eigenvalue weighted by Gasteiger charge is -2.18. The Bertz CT molecular complexity index is 1290. The van der Waals surface area contributed by atoms with Crippen LogP contribution in [0.2, 0.25) is 0 Å². The van der Waals surface area contributed by atoms with Gasteiger partial charge < -0.3 is 5.32 Å². The summed E-state index contributed by atoms with van der Waals surface area (Å²) >= 11 is 1.54. The predicted molar refractivity (Wildman–Crippen MR) is 125 cm³/mol. The Labute approximate surface area is 184 Å². The summed E-state index contributed by atoms with van der Waals surface area (Å²) in [5.74, 6) is 0.242. The first-order valence-corrected chi connectivity index (χ1v) is 10.8. The van der Waals surface area contributed by atoms with Crippen LogP contribution < -0.4 is 5.32 Å². The molecule has 0 atom stereocenters. The first kappa shape index (κ1) is 20.9. The third-order valence-corrected chi connectivity index (χ3v) is 6.04. The molecule has 1 N–H and O–H groups in total. The van der Waals surface area contributed by atoms with Gasteiger partial charge in [-0.05, 0) is 49.1 Å². The lowest BCUT2D eigenvalue weighted by Crippen LogP contribution is -2.15. The van der Waals surface area contributed by atoms with Gasteiger partial charge in [0.25, 0.3) is 5.91 Å². The number of rotatable bonds is 4. The van der Waals surface area contributed by atoms with Gasteiger partial charge in [0.15, 0.2) is 5.78 Å². The van der Waals surface area contributed by atoms with Crippen molar-refractivity contribution < 1.29 is 9.59 Å². The van der Waals surface area contributed by atoms with Gasteiger partial charge in [-0.2, -0.15) is 9.78 Å². The van der Waals surface area contributed by atoms with E-state index in [0.717, 1.165) is 15.9 Å². The molecular weight excluding hydrogens is 408 g/mol. The van der Waals surface area contributed by atoms with Crippen LogP contribution in [0.1, 0.15) is 59.7 Å². The Morgan fingerprint density at radius 2 is 1.68 bits per heavy atom. The lowest BCUT2D eigenvalue weighted by molar-refractivity contribution is 0.100. The maximum Gasteiger partial charge on any atom is 0.256 e. The minimum absolute atomic E-state index is 0.0360. The molecule has 4 rings (SSSR count). The van der Waals surface area contributed by atoms with Crippen molar-refractivity contribution in [3.05, 3.63) is 70.9 Å². The molecular formula is C24H24N4O2S. The third kappa shape index (κ3) is 4.27. The standard InChI is InChI=1S/C24H24N4O2S/c1-14-12-21(26-22(30)17-8-6-16(7-9-17)15(2)29)28(27-14)23-25-19-11-10-18(24(3,4)5)13-20(19)31-23/h6-13H,1-5H3,(H,26,30). The number of aromatic nitrogens is 3. The summed E-state index contributed by atoms with van der Waals surface area (Å²) in [5.41, 5.74) is 4.01. The monoisotopic (exact) mass is 432 g/mol. The second kappa shape index (κ2) is 7.74. The van der Waals surface area contributed by atoms with Crippen molar-refractivity contribution in [1.29, 1.82) is 0 Å². The SMILES string of the molecule is CC(=O)c1ccc(C(=O)Nc2cc(C)nn2-c2nc3ccc(C(C)(C)C)cc3s2)cc1. The molecule has 7 heteroatoms. The average Bonchev–Trinajstić information content (AvgIpc) is 3.29. The second-order valence-corrected chi connectivity index (χ2v) is 9.61. The van der Waals surface area contributed by atoms with E-state index in [9.17, 15) is 9.59 Å². The van der Waals surface area contributed by atoms with E-state index in [-0.39, 0.29) is 17.1 Å². The highest BCUT2D eigenvalue weighted by Gasteiger charge is 2.18. The van der Waals surface area contributed by atoms with Gasteiger partial charge in [-0.3, -0.25) is 9.59 Å². The molecule has 0 aliphatic carbocycles. The van der Waals surface area contributed by atoms with Crippen molar-refractivity contribution in [2.24, 2.45) is 0 Å². The van der Waals surface area contributed by atoms with E-state index in [4.69, 9.17) is 4.98 Å². The molecule has 0 radical (unpaired) electrons. The van der Waals surface area contributed by atoms with Crippen LogP contribution in [0.4, 0.5) is 5.82 Å². The molecule has 0 aliphatic rings. The van der Waals surface area contributed by atoms with Gasteiger partial charge in [-0.25, -0.2) is 4.98 Å². The lowest BCUT2D eigenvalue weighted by atomic mass is 9.87. The van der Waals surface area contributed by atoms with Gasteiger partial charge in [0.2, 0.25) is 5.13 Å². The van der Waals surface area contributed by atoms with Gasteiger partial charge >= 0.3 is 0 Å². The number of anilines is 1. The zero-order valence-corrected chi connectivity index (χ0v) is 19.0. The molecule has 0 saturated carbocycles. The van der Waals surface area contributed by atoms with E-state index in [0.29, 0.717) is 22.1 Å². The molecule has 0 saturated heterocycles. The molecule has 0 unspecified atom stereocenters. The largest absolute Gasteiger partial charge is 0.306 e. The number of ketones is 1. The summed E-state index contributed by atoms with van der Waals surface area (Å²) in [6, 6.07) is 14.7. The first-order valence-electron chi connectivity index (χ1n) is 10.0. The van der Waals surface area contributed by atoms with Crippen molar-refractivity contribution >= 4 is 39.1 Å². The maximum atomic E-state index is 12.8. The van der Waals surface area contributed by atoms with Crippen LogP contribution in [0.25, 0.3) is 15.3 Å². The second-order valence-electron chi connectivity index (χ2n) is 8.60. The van der Waals surface area contributed by atoms with E-state index >= 15 is 0 Å². The van der Waals surface area contributed by atoms with Crippen molar-refractivity contribution in [3.8, 4) is 5.13 Å². The van der Waals surface area contributed by atoms with Crippen molar-refractivity contribution in [2.75, 3.05) is 5.32 Å². The molecule has 0 fully saturated rings. The molecule has 31 heavy (non-hydrogen) atoms. The molecule has 2 aromatic carbocycles. The van der Waals surface area contributed by atoms with Crippen LogP contribution in [0.3, 0.4) is 0 Å². The number of hydrogen-bond donors (Lipinski definition) is 1. The van der Waals surface area contributed by atoms with Gasteiger partial charge in [-0.15, -0.1) is 0 Å². The van der Waals surface area contributed by atoms with E-state index in [1.165, 1.54) is 23.8 Å². The Hall–Kier alpha value is -3.32. The quantitative estimate of drug-likeness (QED) is 0.429. The number of nitrogens with one attached hydrogen (secondary N) is 1. The number of carbonyl (C=O) groups is 2. The van der Waals surface area contributed by atoms with E-state index in [1.807, 2.05) is 19.1 Å². The third-order valence-electron chi connectivity index (χ3n) is 5.05. The summed E-state index contributed by atoms with van der Waals surface area (Å²) < 4.78 is 2.74. The molecule has 4 aromatic rings. The zero-order chi connectivity index (χ0) is 22.3. The Kier molecular flexibility index (Phi) is 5.23. The van der Waals surface area contributed by atoms with Gasteiger partial charge in [-0.1, -0.05) is 50.3 Å². The van der Waals surface area contributed by atoms with Crippen LogP contribution in [-0.4, -0.2) is 26.5 Å². The number of hydrogen-bond acceptors (Lipinski definition) is 5. The molecule has 0 aliphatic heterocycles. The molecule has 2 aromatic heterocycles. The van der Waals surface area contributed by atoms with Crippen LogP contribution in [0.5, 0.6) is 0 Å². The maximum absolute atomic E-state index is 12.8. The van der Waals surface area contributed by atoms with Crippen LogP contribution in [0.15, 0.2) is 48.5 Å². The van der Waals surface area contributed by atoms with E-state index < -0.39 is 0 Å². The van der Waals surface area contributed by atoms with Gasteiger partial charge in [0, 0.05) is 17.2 Å². The summed E-state index contributed by atoms with van der Waals surface area (Å²) in [5, 5.41) is 8.15. The molecule has 1 amide bonds. The molecule has 2 heterocycles. The van der Waals surface area contributed by atoms with Crippen LogP contribution in [0, 0.1) is 6.92 Å². The summed E-state index contributed by atoms with van der Waals surface area (Å²) in [7, 11) is 0. The highest BCUT2D eigenvalue weighted by molar-refractivity contribution is 7.20. The summed E-state index contributed by atoms with van der Waals surface area (Å²) in [6.07, 6.45) is 0. The molecule has 0 spiro atoms. The molecule has 0 bridgehead atoms. The fourth-order valence-electron chi connectivity index (χ4n) is 3.25. The normalized spacial score (nSPS) is 11.6. The number of amides is 1. The summed E-state index contributed by atoms with van der Waals surface area (Å²) in [4.78, 5) is 28.9. The van der Waals surface area contributed by atoms with Crippen molar-refractivity contribution in [3.63, 3.8) is 0 Å². The summed E-state index contributed by atoms with van der Waals surface area (Å²) in [6.45, 7) is 9.92. The highest BCUT2D eigenvalue weighted by Crippen LogP contribution is 2.31. The molecule has 6 nitrogen and oxygen atoms in total. The predicted octanol–water partition coefficient (Wildman–Crippen LogP) is 5.54. The molecule has 158 valence electrons. The topological polar surface area (TPSA) is 76.9 Å². The fraction of sp³-hybridized carbons (Fsp3) is 0.250. The number of fused-ring (bicyclic) bond motifs is 1. The van der Waals surface area contributed by atoms with E-state index in [1.54, 1.807) is 28.9 Å². The smallest absolute Gasteiger partial charge is 0.256 e. The van der Waals surface area contributed by atoms with Crippen LogP contribution in [-0.2, 0) is 5.41 Å². The van der Waals surface area contributed by atoms with Gasteiger partial charge in [0.1, 0.15) is 5.82 Å². The number of carbonyl (C=O) groups excluding carboxylic acids is 2. The van der Waals surface area contributed by atoms with Crippen molar-refractivity contribution in [1.82, 2.24) is 14.8 Å². The highest BCUT2D eigenvalue weighted by atomic mass is 32.1. The fourth-order valence-corrected chi connectivity index (χ4v) is 4.22. The Balaban J connectivity index is 1.65. The minimum atomic E-state index is -0.271. The zero-order valence-electron chi connectivity index (χ0n) is 18.2. The Morgan fingerprint density at radius 1 is 1.00 bits per heavy atom. The van der Waals surface area contributed by atoms with Crippen molar-refractivity contribution in [2.45, 2.75) is 40.0 Å². The van der Waals surface area contributed by atoms with Gasteiger partial charge in [0.05, 0.1) is 15.9 Å². The number of benzene rings is 2. The number of Topliss-reactive ketones (excluding diaryl/α,β-unsaturated/α-hetero) is 1. The Morgan fingerprint density at radius 3 is 2.32 bits per heavy atom. The first-order chi connectivity index (χ1) is 14.6. The average molecular weight is 433 g/mol. The number of aryl methyl sites for hydroxylation is 1.